The molecule has 2 aliphatic heterocycles. The van der Waals surface area contributed by atoms with E-state index < -0.39 is 0 Å². The second-order valence-corrected chi connectivity index (χ2v) is 6.77. The van der Waals surface area contributed by atoms with Crippen molar-refractivity contribution in [3.05, 3.63) is 30.3 Å². The lowest BCUT2D eigenvalue weighted by molar-refractivity contribution is 0.215. The Kier molecular flexibility index (Phi) is 6.14. The molecule has 2 saturated heterocycles. The predicted molar refractivity (Wildman–Crippen MR) is 94.6 cm³/mol. The zero-order chi connectivity index (χ0) is 15.0. The van der Waals surface area contributed by atoms with E-state index in [0.29, 0.717) is 0 Å². The van der Waals surface area contributed by atoms with Gasteiger partial charge in [-0.1, -0.05) is 31.0 Å². The van der Waals surface area contributed by atoms with Gasteiger partial charge in [0.1, 0.15) is 0 Å². The summed E-state index contributed by atoms with van der Waals surface area (Å²) in [5.41, 5.74) is 1.39. The fraction of sp³-hybridized carbons (Fsp3) is 0.684. The summed E-state index contributed by atoms with van der Waals surface area (Å²) in [6.45, 7) is 10.0. The number of benzene rings is 1. The summed E-state index contributed by atoms with van der Waals surface area (Å²) in [5, 5.41) is 0. The van der Waals surface area contributed by atoms with Crippen LogP contribution in [-0.2, 0) is 0 Å². The Labute approximate surface area is 135 Å². The van der Waals surface area contributed by atoms with Crippen LogP contribution in [0.15, 0.2) is 30.3 Å². The summed E-state index contributed by atoms with van der Waals surface area (Å²) in [6, 6.07) is 10.9. The number of rotatable bonds is 4. The monoisotopic (exact) mass is 301 g/mol. The first kappa shape index (κ1) is 15.8. The molecular weight excluding hydrogens is 270 g/mol. The maximum absolute atomic E-state index is 2.69. The van der Waals surface area contributed by atoms with Crippen molar-refractivity contribution >= 4 is 5.69 Å². The number of hydrogen-bond acceptors (Lipinski definition) is 3. The lowest BCUT2D eigenvalue weighted by atomic mass is 10.2. The fourth-order valence-electron chi connectivity index (χ4n) is 3.73. The molecule has 0 spiro atoms. The van der Waals surface area contributed by atoms with E-state index in [1.807, 2.05) is 0 Å². The van der Waals surface area contributed by atoms with Gasteiger partial charge in [-0.05, 0) is 51.0 Å². The molecule has 0 aliphatic carbocycles. The van der Waals surface area contributed by atoms with Crippen molar-refractivity contribution in [3.63, 3.8) is 0 Å². The van der Waals surface area contributed by atoms with E-state index in [1.165, 1.54) is 90.1 Å². The predicted octanol–water partition coefficient (Wildman–Crippen LogP) is 3.07. The maximum atomic E-state index is 2.69. The lowest BCUT2D eigenvalue weighted by Gasteiger charge is -2.26. The van der Waals surface area contributed by atoms with Crippen molar-refractivity contribution in [1.82, 2.24) is 9.80 Å². The van der Waals surface area contributed by atoms with Crippen molar-refractivity contribution in [2.24, 2.45) is 0 Å². The first-order valence-electron chi connectivity index (χ1n) is 9.16. The molecule has 0 bridgehead atoms. The molecule has 3 rings (SSSR count). The smallest absolute Gasteiger partial charge is 0.0366 e. The summed E-state index contributed by atoms with van der Waals surface area (Å²) in [5.74, 6) is 0. The van der Waals surface area contributed by atoms with Crippen LogP contribution in [0, 0.1) is 0 Å². The van der Waals surface area contributed by atoms with Gasteiger partial charge in [-0.2, -0.15) is 0 Å². The third-order valence-corrected chi connectivity index (χ3v) is 5.14. The van der Waals surface area contributed by atoms with Crippen LogP contribution in [0.2, 0.25) is 0 Å². The SMILES string of the molecule is c1ccc(N2CCCN(CCN3CCCCCC3)CC2)cc1. The van der Waals surface area contributed by atoms with E-state index in [4.69, 9.17) is 0 Å². The van der Waals surface area contributed by atoms with Gasteiger partial charge in [-0.15, -0.1) is 0 Å². The number of para-hydroxylation sites is 1. The first-order valence-corrected chi connectivity index (χ1v) is 9.16. The van der Waals surface area contributed by atoms with Crippen molar-refractivity contribution in [2.75, 3.05) is 57.3 Å². The van der Waals surface area contributed by atoms with Gasteiger partial charge in [0.15, 0.2) is 0 Å². The molecule has 1 aromatic carbocycles. The van der Waals surface area contributed by atoms with Crippen LogP contribution in [0.4, 0.5) is 5.69 Å². The third kappa shape index (κ3) is 4.72. The van der Waals surface area contributed by atoms with Crippen LogP contribution >= 0.6 is 0 Å². The first-order chi connectivity index (χ1) is 10.9. The normalized spacial score (nSPS) is 22.3. The van der Waals surface area contributed by atoms with Gasteiger partial charge in [0.25, 0.3) is 0 Å². The average Bonchev–Trinajstić information content (AvgIpc) is 2.96. The zero-order valence-corrected chi connectivity index (χ0v) is 13.9. The van der Waals surface area contributed by atoms with Gasteiger partial charge >= 0.3 is 0 Å². The molecule has 3 heteroatoms. The number of nitrogens with zero attached hydrogens (tertiary/aromatic N) is 3. The zero-order valence-electron chi connectivity index (χ0n) is 13.9. The minimum absolute atomic E-state index is 1.17. The fourth-order valence-corrected chi connectivity index (χ4v) is 3.73. The van der Waals surface area contributed by atoms with Crippen molar-refractivity contribution in [3.8, 4) is 0 Å². The molecule has 22 heavy (non-hydrogen) atoms. The molecule has 0 N–H and O–H groups in total. The minimum atomic E-state index is 1.17. The molecule has 0 saturated carbocycles. The largest absolute Gasteiger partial charge is 0.370 e. The Bertz CT molecular complexity index is 412. The number of hydrogen-bond donors (Lipinski definition) is 0. The molecule has 0 atom stereocenters. The molecule has 1 aromatic rings. The van der Waals surface area contributed by atoms with Gasteiger partial charge in [0.05, 0.1) is 0 Å². The average molecular weight is 301 g/mol. The Morgan fingerprint density at radius 1 is 0.591 bits per heavy atom. The van der Waals surface area contributed by atoms with Crippen LogP contribution in [0.5, 0.6) is 0 Å². The second-order valence-electron chi connectivity index (χ2n) is 6.77. The van der Waals surface area contributed by atoms with Crippen molar-refractivity contribution < 1.29 is 0 Å². The summed E-state index contributed by atoms with van der Waals surface area (Å²) in [7, 11) is 0. The highest BCUT2D eigenvalue weighted by molar-refractivity contribution is 5.46. The second kappa shape index (κ2) is 8.54. The molecule has 0 aromatic heterocycles. The third-order valence-electron chi connectivity index (χ3n) is 5.14. The number of likely N-dealkylation sites (tertiary alicyclic amines) is 1. The van der Waals surface area contributed by atoms with Crippen LogP contribution in [0.3, 0.4) is 0 Å². The minimum Gasteiger partial charge on any atom is -0.370 e. The van der Waals surface area contributed by atoms with E-state index in [0.717, 1.165) is 0 Å². The molecule has 0 unspecified atom stereocenters. The molecule has 2 fully saturated rings. The van der Waals surface area contributed by atoms with Crippen molar-refractivity contribution in [1.29, 1.82) is 0 Å². The molecule has 0 radical (unpaired) electrons. The summed E-state index contributed by atoms with van der Waals surface area (Å²) in [4.78, 5) is 7.91. The lowest BCUT2D eigenvalue weighted by Crippen LogP contribution is -2.37. The Hall–Kier alpha value is -1.06. The van der Waals surface area contributed by atoms with E-state index in [1.54, 1.807) is 0 Å². The van der Waals surface area contributed by atoms with Gasteiger partial charge in [0.2, 0.25) is 0 Å². The summed E-state index contributed by atoms with van der Waals surface area (Å²) < 4.78 is 0. The van der Waals surface area contributed by atoms with Crippen LogP contribution < -0.4 is 4.90 Å². The van der Waals surface area contributed by atoms with E-state index >= 15 is 0 Å². The highest BCUT2D eigenvalue weighted by Gasteiger charge is 2.16. The van der Waals surface area contributed by atoms with E-state index in [2.05, 4.69) is 45.0 Å². The Morgan fingerprint density at radius 3 is 1.95 bits per heavy atom. The quantitative estimate of drug-likeness (QED) is 0.846. The van der Waals surface area contributed by atoms with Crippen LogP contribution in [0.25, 0.3) is 0 Å². The molecule has 3 nitrogen and oxygen atoms in total. The molecule has 2 aliphatic rings. The van der Waals surface area contributed by atoms with E-state index in [-0.39, 0.29) is 0 Å². The highest BCUT2D eigenvalue weighted by atomic mass is 15.2. The van der Waals surface area contributed by atoms with Gasteiger partial charge < -0.3 is 14.7 Å². The molecular formula is C19H31N3. The standard InChI is InChI=1S/C19H31N3/c1-2-7-12-20(11-6-1)15-16-21-13-8-14-22(18-17-21)19-9-4-3-5-10-19/h3-5,9-10H,1-2,6-8,11-18H2. The van der Waals surface area contributed by atoms with Crippen LogP contribution in [0.1, 0.15) is 32.1 Å². The van der Waals surface area contributed by atoms with Gasteiger partial charge in [-0.25, -0.2) is 0 Å². The Balaban J connectivity index is 1.44. The Morgan fingerprint density at radius 2 is 1.23 bits per heavy atom. The number of anilines is 1. The maximum Gasteiger partial charge on any atom is 0.0366 e. The summed E-state index contributed by atoms with van der Waals surface area (Å²) >= 11 is 0. The van der Waals surface area contributed by atoms with Gasteiger partial charge in [0, 0.05) is 38.4 Å². The van der Waals surface area contributed by atoms with Gasteiger partial charge in [-0.3, -0.25) is 0 Å². The molecule has 2 heterocycles. The van der Waals surface area contributed by atoms with Crippen molar-refractivity contribution in [2.45, 2.75) is 32.1 Å². The summed E-state index contributed by atoms with van der Waals surface area (Å²) in [6.07, 6.45) is 6.97. The van der Waals surface area contributed by atoms with E-state index in [9.17, 15) is 0 Å². The molecule has 122 valence electrons. The highest BCUT2D eigenvalue weighted by Crippen LogP contribution is 2.16. The van der Waals surface area contributed by atoms with Crippen LogP contribution in [-0.4, -0.2) is 62.2 Å². The molecule has 0 amide bonds. The topological polar surface area (TPSA) is 9.72 Å².